The summed E-state index contributed by atoms with van der Waals surface area (Å²) in [6, 6.07) is 136. The number of aromatic nitrogens is 4. The van der Waals surface area contributed by atoms with Gasteiger partial charge < -0.3 is 18.3 Å². The van der Waals surface area contributed by atoms with Crippen LogP contribution < -0.4 is 0 Å². The van der Waals surface area contributed by atoms with Crippen LogP contribution in [0.5, 0.6) is 0 Å². The second-order valence-corrected chi connectivity index (χ2v) is 31.6. The van der Waals surface area contributed by atoms with E-state index in [9.17, 15) is 0 Å². The molecule has 0 fully saturated rings. The number of para-hydroxylation sites is 2. The average molecular weight is 1400 g/mol. The molecule has 110 heavy (non-hydrogen) atoms. The zero-order chi connectivity index (χ0) is 72.8. The van der Waals surface area contributed by atoms with Crippen molar-refractivity contribution in [2.45, 2.75) is 38.5 Å². The molecule has 18 aromatic carbocycles. The highest BCUT2D eigenvalue weighted by Crippen LogP contribution is 2.54. The molecule has 516 valence electrons. The van der Waals surface area contributed by atoms with Crippen molar-refractivity contribution in [3.8, 4) is 67.3 Å². The molecule has 0 aliphatic heterocycles. The Labute approximate surface area is 636 Å². The molecule has 0 radical (unpaired) electrons. The van der Waals surface area contributed by atoms with Crippen LogP contribution in [0.1, 0.15) is 49.9 Å². The first-order valence-corrected chi connectivity index (χ1v) is 38.5. The van der Waals surface area contributed by atoms with E-state index >= 15 is 0 Å². The van der Waals surface area contributed by atoms with Gasteiger partial charge in [-0.3, -0.25) is 0 Å². The molecule has 0 saturated carbocycles. The quantitative estimate of drug-likeness (QED) is 0.158. The largest absolute Gasteiger partial charge is 0.309 e. The Bertz CT molecular complexity index is 7720. The standard InChI is InChI=1S/2C53H36N2/c1-53(2)47-17-9-7-15-41(47)43-32-52-46(31-48(43)53)45-30-38(22-26-51(45)55(52)40-24-20-34-12-4-6-14-36(34)28-40)37-21-25-50-44(29-37)42-16-8-10-18-49(42)54(50)39-23-19-33-11-3-5-13-35(33)27-39;1-53(2)47-17-9-7-15-41(47)43-31-46-45-30-38(22-26-51(45)55(52(46)32-48(43)53)40-24-20-34-12-4-6-14-36(34)28-40)37-21-25-50-44(29-37)42-16-8-10-18-49(42)54(50)39-23-19-33-11-3-5-13-35(33)27-39/h2*3-32H,1-2H3. The molecule has 4 heteroatoms. The van der Waals surface area contributed by atoms with Crippen LogP contribution >= 0.6 is 0 Å². The summed E-state index contributed by atoms with van der Waals surface area (Å²) in [6.45, 7) is 9.50. The minimum absolute atomic E-state index is 0.0839. The van der Waals surface area contributed by atoms with E-state index in [0.29, 0.717) is 0 Å². The molecule has 2 aliphatic carbocycles. The molecule has 2 aliphatic rings. The lowest BCUT2D eigenvalue weighted by Crippen LogP contribution is -2.14. The van der Waals surface area contributed by atoms with Crippen LogP contribution in [-0.2, 0) is 10.8 Å². The fourth-order valence-corrected chi connectivity index (χ4v) is 19.5. The van der Waals surface area contributed by atoms with Crippen molar-refractivity contribution in [1.29, 1.82) is 0 Å². The van der Waals surface area contributed by atoms with Crippen LogP contribution in [0.15, 0.2) is 364 Å². The summed E-state index contributed by atoms with van der Waals surface area (Å²) >= 11 is 0. The summed E-state index contributed by atoms with van der Waals surface area (Å²) in [4.78, 5) is 0. The van der Waals surface area contributed by atoms with Crippen molar-refractivity contribution in [1.82, 2.24) is 18.3 Å². The molecule has 0 atom stereocenters. The van der Waals surface area contributed by atoms with Crippen LogP contribution in [0.2, 0.25) is 0 Å². The maximum atomic E-state index is 2.49. The fraction of sp³-hybridized carbons (Fsp3) is 0.0566. The van der Waals surface area contributed by atoms with E-state index in [4.69, 9.17) is 0 Å². The summed E-state index contributed by atoms with van der Waals surface area (Å²) in [5, 5.41) is 20.2. The number of nitrogens with zero attached hydrogens (tertiary/aromatic N) is 4. The monoisotopic (exact) mass is 1400 g/mol. The average Bonchev–Trinajstić information content (AvgIpc) is 1.55. The van der Waals surface area contributed by atoms with Gasteiger partial charge in [0, 0.05) is 76.7 Å². The van der Waals surface area contributed by atoms with Gasteiger partial charge in [-0.25, -0.2) is 0 Å². The highest BCUT2D eigenvalue weighted by atomic mass is 15.0. The minimum atomic E-state index is -0.0859. The van der Waals surface area contributed by atoms with Gasteiger partial charge >= 0.3 is 0 Å². The zero-order valence-electron chi connectivity index (χ0n) is 61.4. The number of rotatable bonds is 6. The van der Waals surface area contributed by atoms with Crippen LogP contribution in [0.3, 0.4) is 0 Å². The maximum absolute atomic E-state index is 2.49. The summed E-state index contributed by atoms with van der Waals surface area (Å²) in [7, 11) is 0. The second-order valence-electron chi connectivity index (χ2n) is 31.6. The maximum Gasteiger partial charge on any atom is 0.0547 e. The zero-order valence-corrected chi connectivity index (χ0v) is 61.4. The molecule has 0 saturated heterocycles. The highest BCUT2D eigenvalue weighted by Gasteiger charge is 2.38. The molecule has 0 bridgehead atoms. The van der Waals surface area contributed by atoms with Crippen molar-refractivity contribution in [2.24, 2.45) is 0 Å². The number of hydrogen-bond donors (Lipinski definition) is 0. The molecule has 4 heterocycles. The molecule has 0 unspecified atom stereocenters. The Morgan fingerprint density at radius 1 is 0.164 bits per heavy atom. The van der Waals surface area contributed by atoms with Crippen LogP contribution in [0, 0.1) is 0 Å². The van der Waals surface area contributed by atoms with Gasteiger partial charge in [-0.15, -0.1) is 0 Å². The number of hydrogen-bond acceptors (Lipinski definition) is 0. The van der Waals surface area contributed by atoms with Crippen LogP contribution in [-0.4, -0.2) is 18.3 Å². The molecule has 24 rings (SSSR count). The fourth-order valence-electron chi connectivity index (χ4n) is 19.5. The van der Waals surface area contributed by atoms with Gasteiger partial charge in [0.1, 0.15) is 0 Å². The van der Waals surface area contributed by atoms with Crippen molar-refractivity contribution in [3.63, 3.8) is 0 Å². The van der Waals surface area contributed by atoms with Gasteiger partial charge in [0.2, 0.25) is 0 Å². The summed E-state index contributed by atoms with van der Waals surface area (Å²) in [5.74, 6) is 0. The first-order valence-electron chi connectivity index (χ1n) is 38.5. The summed E-state index contributed by atoms with van der Waals surface area (Å²) in [5.41, 5.74) is 30.2. The molecule has 0 spiro atoms. The normalized spacial score (nSPS) is 13.4. The Balaban J connectivity index is 0.000000132. The molecule has 4 aromatic heterocycles. The van der Waals surface area contributed by atoms with Gasteiger partial charge in [-0.2, -0.15) is 0 Å². The van der Waals surface area contributed by atoms with E-state index in [-0.39, 0.29) is 10.8 Å². The minimum Gasteiger partial charge on any atom is -0.309 e. The van der Waals surface area contributed by atoms with E-state index in [1.54, 1.807) is 0 Å². The Kier molecular flexibility index (Phi) is 13.2. The van der Waals surface area contributed by atoms with Gasteiger partial charge in [-0.1, -0.05) is 258 Å². The highest BCUT2D eigenvalue weighted by molar-refractivity contribution is 6.17. The number of benzene rings is 18. The summed E-state index contributed by atoms with van der Waals surface area (Å²) in [6.07, 6.45) is 0. The van der Waals surface area contributed by atoms with E-state index in [1.807, 2.05) is 0 Å². The SMILES string of the molecule is CC1(C)c2ccccc2-c2cc3c(cc21)c1cc(-c2ccc4c(c2)c2ccccc2n4-c2ccc4ccccc4c2)ccc1n3-c1ccc2ccccc2c1.CC1(C)c2ccccc2-c2cc3c4cc(-c5ccc6c(c5)c5ccccc5n6-c5ccc6ccccc6c5)ccc4n(-c4ccc5ccccc5c4)c3cc21. The van der Waals surface area contributed by atoms with E-state index < -0.39 is 0 Å². The smallest absolute Gasteiger partial charge is 0.0547 e. The molecular weight excluding hydrogens is 1330 g/mol. The molecule has 4 nitrogen and oxygen atoms in total. The predicted octanol–water partition coefficient (Wildman–Crippen LogP) is 28.3. The third-order valence-electron chi connectivity index (χ3n) is 24.9. The second kappa shape index (κ2) is 23.4. The van der Waals surface area contributed by atoms with Gasteiger partial charge in [0.25, 0.3) is 0 Å². The molecule has 22 aromatic rings. The van der Waals surface area contributed by atoms with Crippen molar-refractivity contribution in [3.05, 3.63) is 386 Å². The lowest BCUT2D eigenvalue weighted by Gasteiger charge is -2.21. The predicted molar refractivity (Wildman–Crippen MR) is 466 cm³/mol. The number of fused-ring (bicyclic) bond motifs is 22. The Hall–Kier alpha value is -13.8. The molecule has 0 amide bonds. The van der Waals surface area contributed by atoms with Gasteiger partial charge in [-0.05, 0) is 243 Å². The summed E-state index contributed by atoms with van der Waals surface area (Å²) < 4.78 is 9.80. The van der Waals surface area contributed by atoms with Crippen LogP contribution in [0.4, 0.5) is 0 Å². The lowest BCUT2D eigenvalue weighted by atomic mass is 9.82. The first kappa shape index (κ1) is 62.4. The van der Waals surface area contributed by atoms with Crippen molar-refractivity contribution < 1.29 is 0 Å². The van der Waals surface area contributed by atoms with Crippen LogP contribution in [0.25, 0.3) is 198 Å². The molecule has 0 N–H and O–H groups in total. The third-order valence-corrected chi connectivity index (χ3v) is 24.9. The van der Waals surface area contributed by atoms with Gasteiger partial charge in [0.15, 0.2) is 0 Å². The van der Waals surface area contributed by atoms with Gasteiger partial charge in [0.05, 0.1) is 44.1 Å². The van der Waals surface area contributed by atoms with E-state index in [0.717, 1.165) is 0 Å². The topological polar surface area (TPSA) is 19.7 Å². The Morgan fingerprint density at radius 3 is 0.827 bits per heavy atom. The van der Waals surface area contributed by atoms with Crippen molar-refractivity contribution in [2.75, 3.05) is 0 Å². The lowest BCUT2D eigenvalue weighted by molar-refractivity contribution is 0.661. The third kappa shape index (κ3) is 9.20. The van der Waals surface area contributed by atoms with E-state index in [1.165, 1.54) is 220 Å². The molecular formula is C106H72N4. The van der Waals surface area contributed by atoms with Crippen molar-refractivity contribution >= 4 is 130 Å². The van der Waals surface area contributed by atoms with E-state index in [2.05, 4.69) is 410 Å². The first-order chi connectivity index (χ1) is 54.0. The Morgan fingerprint density at radius 2 is 0.436 bits per heavy atom.